The summed E-state index contributed by atoms with van der Waals surface area (Å²) in [5, 5.41) is 9.59. The zero-order chi connectivity index (χ0) is 14.2. The standard InChI is InChI=1S/C11H7F3N2O2S/c12-11(13,14)6-3-1-5(2-4-6)7-8(17)15-10(19)16-9(7)18/h1-4H,(H3,15,16,17,18,19). The van der Waals surface area contributed by atoms with E-state index in [0.717, 1.165) is 24.3 Å². The largest absolute Gasteiger partial charge is 0.494 e. The van der Waals surface area contributed by atoms with Gasteiger partial charge in [-0.3, -0.25) is 9.78 Å². The summed E-state index contributed by atoms with van der Waals surface area (Å²) in [5.74, 6) is -0.492. The second kappa shape index (κ2) is 4.54. The number of nitrogens with one attached hydrogen (secondary N) is 2. The van der Waals surface area contributed by atoms with E-state index in [1.165, 1.54) is 0 Å². The Morgan fingerprint density at radius 3 is 2.16 bits per heavy atom. The molecule has 0 saturated carbocycles. The highest BCUT2D eigenvalue weighted by atomic mass is 32.1. The number of benzene rings is 1. The van der Waals surface area contributed by atoms with E-state index >= 15 is 0 Å². The molecule has 4 nitrogen and oxygen atoms in total. The van der Waals surface area contributed by atoms with Gasteiger partial charge in [-0.15, -0.1) is 0 Å². The lowest BCUT2D eigenvalue weighted by molar-refractivity contribution is -0.137. The summed E-state index contributed by atoms with van der Waals surface area (Å²) in [4.78, 5) is 16.2. The lowest BCUT2D eigenvalue weighted by atomic mass is 10.1. The van der Waals surface area contributed by atoms with Crippen molar-refractivity contribution < 1.29 is 18.3 Å². The van der Waals surface area contributed by atoms with Gasteiger partial charge in [0.1, 0.15) is 5.56 Å². The number of aromatic nitrogens is 2. The Kier molecular flexibility index (Phi) is 3.19. The SMILES string of the molecule is O=c1[nH]c(=S)[nH]c(O)c1-c1ccc(C(F)(F)F)cc1. The van der Waals surface area contributed by atoms with Crippen LogP contribution in [-0.2, 0) is 6.18 Å². The second-order valence-corrected chi connectivity index (χ2v) is 4.12. The Hall–Kier alpha value is -2.09. The zero-order valence-electron chi connectivity index (χ0n) is 9.21. The van der Waals surface area contributed by atoms with Gasteiger partial charge in [0.2, 0.25) is 5.88 Å². The highest BCUT2D eigenvalue weighted by molar-refractivity contribution is 7.71. The average Bonchev–Trinajstić information content (AvgIpc) is 2.27. The first-order chi connectivity index (χ1) is 8.79. The van der Waals surface area contributed by atoms with E-state index in [9.17, 15) is 23.1 Å². The first kappa shape index (κ1) is 13.3. The molecule has 0 spiro atoms. The molecule has 0 bridgehead atoms. The van der Waals surface area contributed by atoms with Crippen LogP contribution in [0.1, 0.15) is 5.56 Å². The van der Waals surface area contributed by atoms with Crippen LogP contribution in [0.15, 0.2) is 29.1 Å². The van der Waals surface area contributed by atoms with Gasteiger partial charge in [-0.2, -0.15) is 13.2 Å². The number of H-pyrrole nitrogens is 2. The molecule has 0 aliphatic heterocycles. The minimum Gasteiger partial charge on any atom is -0.494 e. The molecule has 0 aliphatic carbocycles. The Labute approximate surface area is 109 Å². The van der Waals surface area contributed by atoms with Gasteiger partial charge in [0.15, 0.2) is 4.77 Å². The van der Waals surface area contributed by atoms with E-state index in [0.29, 0.717) is 0 Å². The highest BCUT2D eigenvalue weighted by Gasteiger charge is 2.30. The van der Waals surface area contributed by atoms with E-state index in [2.05, 4.69) is 22.2 Å². The van der Waals surface area contributed by atoms with Gasteiger partial charge in [-0.05, 0) is 29.9 Å². The minimum atomic E-state index is -4.45. The molecule has 0 saturated heterocycles. The van der Waals surface area contributed by atoms with Crippen molar-refractivity contribution in [3.05, 3.63) is 45.0 Å². The predicted molar refractivity (Wildman–Crippen MR) is 64.4 cm³/mol. The van der Waals surface area contributed by atoms with Crippen molar-refractivity contribution in [1.29, 1.82) is 0 Å². The molecule has 0 aliphatic rings. The number of aromatic hydroxyl groups is 1. The van der Waals surface area contributed by atoms with Crippen LogP contribution in [0.2, 0.25) is 0 Å². The molecule has 2 aromatic rings. The second-order valence-electron chi connectivity index (χ2n) is 3.71. The Morgan fingerprint density at radius 1 is 1.11 bits per heavy atom. The average molecular weight is 288 g/mol. The predicted octanol–water partition coefficient (Wildman–Crippen LogP) is 2.82. The van der Waals surface area contributed by atoms with Gasteiger partial charge in [0.25, 0.3) is 5.56 Å². The maximum Gasteiger partial charge on any atom is 0.416 e. The van der Waals surface area contributed by atoms with Gasteiger partial charge in [0.05, 0.1) is 5.56 Å². The Bertz CT molecular complexity index is 716. The van der Waals surface area contributed by atoms with Gasteiger partial charge in [-0.25, -0.2) is 0 Å². The van der Waals surface area contributed by atoms with Crippen LogP contribution in [0.25, 0.3) is 11.1 Å². The number of rotatable bonds is 1. The van der Waals surface area contributed by atoms with E-state index in [1.54, 1.807) is 0 Å². The third-order valence-corrected chi connectivity index (χ3v) is 2.63. The molecule has 8 heteroatoms. The summed E-state index contributed by atoms with van der Waals surface area (Å²) < 4.78 is 37.1. The lowest BCUT2D eigenvalue weighted by Crippen LogP contribution is -2.11. The molecular formula is C11H7F3N2O2S. The van der Waals surface area contributed by atoms with Gasteiger partial charge in [-0.1, -0.05) is 12.1 Å². The third-order valence-electron chi connectivity index (χ3n) is 2.42. The summed E-state index contributed by atoms with van der Waals surface area (Å²) in [7, 11) is 0. The fraction of sp³-hybridized carbons (Fsp3) is 0.0909. The molecule has 0 radical (unpaired) electrons. The van der Waals surface area contributed by atoms with Crippen LogP contribution in [-0.4, -0.2) is 15.1 Å². The van der Waals surface area contributed by atoms with E-state index in [-0.39, 0.29) is 15.9 Å². The summed E-state index contributed by atoms with van der Waals surface area (Å²) >= 11 is 4.65. The van der Waals surface area contributed by atoms with Crippen LogP contribution in [0.5, 0.6) is 5.88 Å². The molecular weight excluding hydrogens is 281 g/mol. The molecule has 100 valence electrons. The van der Waals surface area contributed by atoms with E-state index in [4.69, 9.17) is 0 Å². The number of aromatic amines is 2. The summed E-state index contributed by atoms with van der Waals surface area (Å²) in [6.45, 7) is 0. The van der Waals surface area contributed by atoms with E-state index < -0.39 is 23.2 Å². The number of alkyl halides is 3. The number of hydrogen-bond acceptors (Lipinski definition) is 3. The zero-order valence-corrected chi connectivity index (χ0v) is 10.0. The molecule has 2 rings (SSSR count). The van der Waals surface area contributed by atoms with Crippen molar-refractivity contribution in [3.63, 3.8) is 0 Å². The smallest absolute Gasteiger partial charge is 0.416 e. The van der Waals surface area contributed by atoms with Crippen LogP contribution in [0.4, 0.5) is 13.2 Å². The fourth-order valence-electron chi connectivity index (χ4n) is 1.57. The van der Waals surface area contributed by atoms with Crippen molar-refractivity contribution in [1.82, 2.24) is 9.97 Å². The van der Waals surface area contributed by atoms with Crippen LogP contribution < -0.4 is 5.56 Å². The minimum absolute atomic E-state index is 0.0711. The molecule has 0 unspecified atom stereocenters. The molecule has 3 N–H and O–H groups in total. The van der Waals surface area contributed by atoms with Crippen LogP contribution in [0, 0.1) is 4.77 Å². The highest BCUT2D eigenvalue weighted by Crippen LogP contribution is 2.31. The maximum absolute atomic E-state index is 12.4. The van der Waals surface area contributed by atoms with Gasteiger partial charge < -0.3 is 10.1 Å². The molecule has 0 fully saturated rings. The van der Waals surface area contributed by atoms with Crippen molar-refractivity contribution in [3.8, 4) is 17.0 Å². The van der Waals surface area contributed by atoms with Crippen molar-refractivity contribution >= 4 is 12.2 Å². The van der Waals surface area contributed by atoms with Crippen molar-refractivity contribution in [2.75, 3.05) is 0 Å². The molecule has 1 aromatic heterocycles. The Balaban J connectivity index is 2.56. The van der Waals surface area contributed by atoms with Crippen molar-refractivity contribution in [2.45, 2.75) is 6.18 Å². The first-order valence-corrected chi connectivity index (χ1v) is 5.43. The number of hydrogen-bond donors (Lipinski definition) is 3. The lowest BCUT2D eigenvalue weighted by Gasteiger charge is -2.08. The maximum atomic E-state index is 12.4. The van der Waals surface area contributed by atoms with Crippen LogP contribution >= 0.6 is 12.2 Å². The summed E-state index contributed by atoms with van der Waals surface area (Å²) in [5.41, 5.74) is -1.53. The van der Waals surface area contributed by atoms with Crippen molar-refractivity contribution in [2.24, 2.45) is 0 Å². The first-order valence-electron chi connectivity index (χ1n) is 5.02. The summed E-state index contributed by atoms with van der Waals surface area (Å²) in [6.07, 6.45) is -4.45. The fourth-order valence-corrected chi connectivity index (χ4v) is 1.76. The molecule has 19 heavy (non-hydrogen) atoms. The quantitative estimate of drug-likeness (QED) is 0.707. The van der Waals surface area contributed by atoms with Gasteiger partial charge >= 0.3 is 6.18 Å². The molecule has 0 atom stereocenters. The third kappa shape index (κ3) is 2.68. The normalized spacial score (nSPS) is 11.5. The Morgan fingerprint density at radius 2 is 1.68 bits per heavy atom. The number of halogens is 3. The molecule has 0 amide bonds. The molecule has 1 aromatic carbocycles. The molecule has 1 heterocycles. The topological polar surface area (TPSA) is 68.9 Å². The van der Waals surface area contributed by atoms with Gasteiger partial charge in [0, 0.05) is 0 Å². The van der Waals surface area contributed by atoms with E-state index in [1.807, 2.05) is 0 Å². The summed E-state index contributed by atoms with van der Waals surface area (Å²) in [6, 6.07) is 3.86. The monoisotopic (exact) mass is 288 g/mol. The van der Waals surface area contributed by atoms with Crippen LogP contribution in [0.3, 0.4) is 0 Å².